The van der Waals surface area contributed by atoms with Crippen LogP contribution in [0.5, 0.6) is 0 Å². The van der Waals surface area contributed by atoms with Gasteiger partial charge in [0, 0.05) is 30.6 Å². The highest BCUT2D eigenvalue weighted by molar-refractivity contribution is 9.10. The van der Waals surface area contributed by atoms with Crippen molar-refractivity contribution in [1.29, 1.82) is 0 Å². The van der Waals surface area contributed by atoms with Crippen LogP contribution in [0.15, 0.2) is 27.7 Å². The van der Waals surface area contributed by atoms with Crippen molar-refractivity contribution in [1.82, 2.24) is 4.90 Å². The van der Waals surface area contributed by atoms with Crippen LogP contribution in [-0.2, 0) is 15.1 Å². The minimum atomic E-state index is -1.32. The molecule has 1 aliphatic carbocycles. The topological polar surface area (TPSA) is 79.2 Å². The van der Waals surface area contributed by atoms with Crippen molar-refractivity contribution in [2.24, 2.45) is 10.9 Å². The van der Waals surface area contributed by atoms with Crippen molar-refractivity contribution in [2.75, 3.05) is 13.3 Å². The second kappa shape index (κ2) is 8.61. The van der Waals surface area contributed by atoms with E-state index < -0.39 is 30.3 Å². The molecule has 0 unspecified atom stereocenters. The number of amidine groups is 1. The van der Waals surface area contributed by atoms with Gasteiger partial charge in [0.1, 0.15) is 18.3 Å². The fourth-order valence-electron chi connectivity index (χ4n) is 3.91. The molecule has 1 heterocycles. The number of Topliss-reactive ketones (excluding diaryl/α,β-unsaturated/α-hetero) is 1. The average Bonchev–Trinajstić information content (AvgIpc) is 3.39. The summed E-state index contributed by atoms with van der Waals surface area (Å²) < 4.78 is 20.4. The van der Waals surface area contributed by atoms with Crippen molar-refractivity contribution >= 4 is 52.8 Å². The Kier molecular flexibility index (Phi) is 6.78. The largest absolute Gasteiger partial charge is 0.465 e. The van der Waals surface area contributed by atoms with Crippen LogP contribution in [0.1, 0.15) is 25.8 Å². The Morgan fingerprint density at radius 1 is 1.42 bits per heavy atom. The standard InChI is InChI=1S/C21H28BrFN2O4SSi/c1-13(26)21-11-17(21)20(2,15-10-14(22)6-7-16(15)23)24-18(30-21)25(19(27)28)12-29-8-9-31(3,4)5/h6-7,10,17H,8-9,11-12H2,1-5H3,(H,27,28)/t17-,20+,21+/m0/s1. The van der Waals surface area contributed by atoms with Gasteiger partial charge in [-0.25, -0.2) is 14.1 Å². The first-order valence-electron chi connectivity index (χ1n) is 10.1. The SMILES string of the molecule is CC(=O)[C@]12C[C@H]1[C@@](C)(c1cc(Br)ccc1F)N=C(N(COCC[Si](C)(C)C)C(=O)O)S2. The number of rotatable bonds is 7. The van der Waals surface area contributed by atoms with Gasteiger partial charge in [-0.3, -0.25) is 9.79 Å². The number of halogens is 2. The maximum Gasteiger partial charge on any atom is 0.415 e. The minimum Gasteiger partial charge on any atom is -0.465 e. The molecule has 1 aromatic carbocycles. The molecule has 1 N–H and O–H groups in total. The summed E-state index contributed by atoms with van der Waals surface area (Å²) in [6.07, 6.45) is -0.694. The highest BCUT2D eigenvalue weighted by Gasteiger charge is 2.70. The third-order valence-corrected chi connectivity index (χ3v) is 9.73. The fourth-order valence-corrected chi connectivity index (χ4v) is 6.59. The molecule has 3 rings (SSSR count). The van der Waals surface area contributed by atoms with Crippen LogP contribution in [0.3, 0.4) is 0 Å². The second-order valence-corrected chi connectivity index (χ2v) is 17.4. The van der Waals surface area contributed by atoms with Gasteiger partial charge in [0.15, 0.2) is 5.17 Å². The Balaban J connectivity index is 1.96. The first kappa shape index (κ1) is 24.4. The summed E-state index contributed by atoms with van der Waals surface area (Å²) in [6.45, 7) is 10.2. The molecule has 0 saturated heterocycles. The molecule has 170 valence electrons. The first-order chi connectivity index (χ1) is 14.3. The molecular weight excluding hydrogens is 503 g/mol. The third kappa shape index (κ3) is 4.91. The average molecular weight is 532 g/mol. The number of amides is 1. The molecule has 6 nitrogen and oxygen atoms in total. The van der Waals surface area contributed by atoms with Gasteiger partial charge >= 0.3 is 6.09 Å². The van der Waals surface area contributed by atoms with E-state index in [-0.39, 0.29) is 23.6 Å². The van der Waals surface area contributed by atoms with E-state index in [0.29, 0.717) is 23.1 Å². The molecule has 1 saturated carbocycles. The smallest absolute Gasteiger partial charge is 0.415 e. The quantitative estimate of drug-likeness (QED) is 0.284. The Morgan fingerprint density at radius 3 is 2.68 bits per heavy atom. The van der Waals surface area contributed by atoms with Crippen molar-refractivity contribution in [2.45, 2.75) is 56.2 Å². The zero-order valence-corrected chi connectivity index (χ0v) is 21.8. The zero-order chi connectivity index (χ0) is 23.2. The molecule has 0 bridgehead atoms. The maximum absolute atomic E-state index is 14.8. The van der Waals surface area contributed by atoms with Crippen molar-refractivity contribution in [3.05, 3.63) is 34.1 Å². The number of nitrogens with zero attached hydrogens (tertiary/aromatic N) is 2. The number of carbonyl (C=O) groups excluding carboxylic acids is 1. The molecule has 1 aromatic rings. The summed E-state index contributed by atoms with van der Waals surface area (Å²) in [5, 5.41) is 10.0. The summed E-state index contributed by atoms with van der Waals surface area (Å²) in [7, 11) is -1.32. The van der Waals surface area contributed by atoms with E-state index in [1.165, 1.54) is 13.0 Å². The molecule has 1 fully saturated rings. The van der Waals surface area contributed by atoms with Crippen LogP contribution < -0.4 is 0 Å². The lowest BCUT2D eigenvalue weighted by Gasteiger charge is -2.36. The summed E-state index contributed by atoms with van der Waals surface area (Å²) in [5.74, 6) is -0.696. The van der Waals surface area contributed by atoms with Crippen LogP contribution in [0, 0.1) is 11.7 Å². The molecule has 1 amide bonds. The van der Waals surface area contributed by atoms with E-state index in [2.05, 4.69) is 35.6 Å². The molecule has 2 aliphatic rings. The number of ketones is 1. The number of hydrogen-bond acceptors (Lipinski definition) is 5. The van der Waals surface area contributed by atoms with Crippen LogP contribution in [0.4, 0.5) is 9.18 Å². The monoisotopic (exact) mass is 530 g/mol. The summed E-state index contributed by atoms with van der Waals surface area (Å²) in [5.41, 5.74) is -0.718. The fraction of sp³-hybridized carbons (Fsp3) is 0.571. The molecule has 0 aromatic heterocycles. The predicted octanol–water partition coefficient (Wildman–Crippen LogP) is 5.55. The summed E-state index contributed by atoms with van der Waals surface area (Å²) in [6, 6.07) is 5.52. The van der Waals surface area contributed by atoms with Crippen molar-refractivity contribution in [3.8, 4) is 0 Å². The number of hydrogen-bond donors (Lipinski definition) is 1. The number of carbonyl (C=O) groups is 2. The molecule has 31 heavy (non-hydrogen) atoms. The van der Waals surface area contributed by atoms with Gasteiger partial charge in [-0.05, 0) is 44.5 Å². The molecular formula is C21H28BrFN2O4SSi. The number of ether oxygens (including phenoxy) is 1. The summed E-state index contributed by atoms with van der Waals surface area (Å²) >= 11 is 4.54. The Hall–Kier alpha value is -1.23. The Morgan fingerprint density at radius 2 is 2.10 bits per heavy atom. The molecule has 10 heteroatoms. The van der Waals surface area contributed by atoms with Gasteiger partial charge in [0.05, 0.1) is 10.3 Å². The van der Waals surface area contributed by atoms with Gasteiger partial charge in [-0.1, -0.05) is 47.3 Å². The van der Waals surface area contributed by atoms with E-state index in [9.17, 15) is 19.1 Å². The van der Waals surface area contributed by atoms with E-state index in [0.717, 1.165) is 22.7 Å². The number of fused-ring (bicyclic) bond motifs is 1. The predicted molar refractivity (Wildman–Crippen MR) is 127 cm³/mol. The zero-order valence-electron chi connectivity index (χ0n) is 18.4. The highest BCUT2D eigenvalue weighted by Crippen LogP contribution is 2.67. The van der Waals surface area contributed by atoms with Gasteiger partial charge in [0.25, 0.3) is 0 Å². The van der Waals surface area contributed by atoms with Gasteiger partial charge in [0.2, 0.25) is 0 Å². The van der Waals surface area contributed by atoms with Gasteiger partial charge < -0.3 is 9.84 Å². The molecule has 0 spiro atoms. The lowest BCUT2D eigenvalue weighted by molar-refractivity contribution is -0.117. The normalized spacial score (nSPS) is 27.3. The lowest BCUT2D eigenvalue weighted by Crippen LogP contribution is -2.44. The van der Waals surface area contributed by atoms with Crippen LogP contribution in [0.25, 0.3) is 0 Å². The van der Waals surface area contributed by atoms with Crippen molar-refractivity contribution < 1.29 is 23.8 Å². The van der Waals surface area contributed by atoms with E-state index in [4.69, 9.17) is 9.73 Å². The van der Waals surface area contributed by atoms with E-state index >= 15 is 0 Å². The Bertz CT molecular complexity index is 940. The first-order valence-corrected chi connectivity index (χ1v) is 15.5. The second-order valence-electron chi connectivity index (χ2n) is 9.53. The van der Waals surface area contributed by atoms with Crippen molar-refractivity contribution in [3.63, 3.8) is 0 Å². The Labute approximate surface area is 195 Å². The minimum absolute atomic E-state index is 0.0541. The third-order valence-electron chi connectivity index (χ3n) is 5.94. The van der Waals surface area contributed by atoms with Gasteiger partial charge in [-0.15, -0.1) is 0 Å². The molecule has 3 atom stereocenters. The summed E-state index contributed by atoms with van der Waals surface area (Å²) in [4.78, 5) is 30.4. The number of thioether (sulfide) groups is 1. The van der Waals surface area contributed by atoms with Crippen LogP contribution >= 0.6 is 27.7 Å². The van der Waals surface area contributed by atoms with Crippen LogP contribution in [-0.4, -0.2) is 53.2 Å². The number of carboxylic acid groups (broad SMARTS) is 1. The lowest BCUT2D eigenvalue weighted by atomic mass is 9.85. The van der Waals surface area contributed by atoms with E-state index in [1.807, 2.05) is 0 Å². The van der Waals surface area contributed by atoms with Gasteiger partial charge in [-0.2, -0.15) is 0 Å². The van der Waals surface area contributed by atoms with Crippen LogP contribution in [0.2, 0.25) is 25.7 Å². The molecule has 1 aliphatic heterocycles. The molecule has 0 radical (unpaired) electrons. The highest BCUT2D eigenvalue weighted by atomic mass is 79.9. The number of benzene rings is 1. The maximum atomic E-state index is 14.8. The number of aliphatic imine (C=N–C) groups is 1. The van der Waals surface area contributed by atoms with E-state index in [1.54, 1.807) is 19.1 Å².